The van der Waals surface area contributed by atoms with E-state index in [0.29, 0.717) is 0 Å². The standard InChI is InChI=1S/C6H12O7/c1-2-3(7)4(2,5(8,9)10)6(11,12)13/h2-3,7-13H,1H3. The fraction of sp³-hybridized carbons (Fsp3) is 1.00. The van der Waals surface area contributed by atoms with Crippen LogP contribution < -0.4 is 0 Å². The molecule has 0 spiro atoms. The summed E-state index contributed by atoms with van der Waals surface area (Å²) in [4.78, 5) is 0. The van der Waals surface area contributed by atoms with Gasteiger partial charge in [0.2, 0.25) is 0 Å². The zero-order valence-electron chi connectivity index (χ0n) is 6.79. The van der Waals surface area contributed by atoms with Crippen molar-refractivity contribution in [3.8, 4) is 0 Å². The molecule has 0 bridgehead atoms. The highest BCUT2D eigenvalue weighted by Crippen LogP contribution is 2.62. The molecule has 0 radical (unpaired) electrons. The molecular formula is C6H12O7. The summed E-state index contributed by atoms with van der Waals surface area (Å²) in [5.41, 5.74) is -2.57. The Hall–Kier alpha value is -0.280. The molecule has 0 aromatic carbocycles. The molecule has 0 saturated heterocycles. The maximum atomic E-state index is 9.06. The van der Waals surface area contributed by atoms with Gasteiger partial charge in [-0.2, -0.15) is 0 Å². The molecule has 1 aliphatic rings. The summed E-state index contributed by atoms with van der Waals surface area (Å²) < 4.78 is 0. The minimum Gasteiger partial charge on any atom is -0.392 e. The molecule has 2 atom stereocenters. The van der Waals surface area contributed by atoms with E-state index in [0.717, 1.165) is 0 Å². The second-order valence-electron chi connectivity index (χ2n) is 3.37. The topological polar surface area (TPSA) is 142 Å². The Balaban J connectivity index is 3.09. The van der Waals surface area contributed by atoms with Crippen LogP contribution in [0.1, 0.15) is 6.92 Å². The largest absolute Gasteiger partial charge is 0.392 e. The van der Waals surface area contributed by atoms with Gasteiger partial charge in [-0.3, -0.25) is 0 Å². The summed E-state index contributed by atoms with van der Waals surface area (Å²) in [5.74, 6) is -8.19. The number of aliphatic hydroxyl groups is 7. The van der Waals surface area contributed by atoms with Crippen LogP contribution >= 0.6 is 0 Å². The van der Waals surface area contributed by atoms with Crippen molar-refractivity contribution >= 4 is 0 Å². The van der Waals surface area contributed by atoms with Gasteiger partial charge in [-0.25, -0.2) is 0 Å². The van der Waals surface area contributed by atoms with Crippen LogP contribution in [-0.2, 0) is 0 Å². The second kappa shape index (κ2) is 2.39. The lowest BCUT2D eigenvalue weighted by atomic mass is 9.97. The van der Waals surface area contributed by atoms with Crippen molar-refractivity contribution in [2.45, 2.75) is 25.0 Å². The summed E-state index contributed by atoms with van der Waals surface area (Å²) in [6.45, 7) is 1.21. The highest BCUT2D eigenvalue weighted by atomic mass is 16.7. The van der Waals surface area contributed by atoms with Crippen LogP contribution in [0.3, 0.4) is 0 Å². The molecule has 1 fully saturated rings. The van der Waals surface area contributed by atoms with E-state index in [1.807, 2.05) is 0 Å². The Morgan fingerprint density at radius 2 is 1.15 bits per heavy atom. The Bertz CT molecular complexity index is 188. The van der Waals surface area contributed by atoms with E-state index in [4.69, 9.17) is 35.7 Å². The van der Waals surface area contributed by atoms with Gasteiger partial charge in [0.1, 0.15) is 0 Å². The molecule has 7 N–H and O–H groups in total. The van der Waals surface area contributed by atoms with Crippen molar-refractivity contribution in [3.05, 3.63) is 0 Å². The summed E-state index contributed by atoms with van der Waals surface area (Å²) >= 11 is 0. The third kappa shape index (κ3) is 1.10. The van der Waals surface area contributed by atoms with Crippen LogP contribution in [0.4, 0.5) is 0 Å². The fourth-order valence-corrected chi connectivity index (χ4v) is 1.77. The summed E-state index contributed by atoms with van der Waals surface area (Å²) in [5, 5.41) is 61.6. The molecule has 1 saturated carbocycles. The molecule has 0 heterocycles. The van der Waals surface area contributed by atoms with Crippen LogP contribution in [0.25, 0.3) is 0 Å². The lowest BCUT2D eigenvalue weighted by Crippen LogP contribution is -2.57. The van der Waals surface area contributed by atoms with E-state index >= 15 is 0 Å². The van der Waals surface area contributed by atoms with Crippen molar-refractivity contribution in [1.82, 2.24) is 0 Å². The van der Waals surface area contributed by atoms with Gasteiger partial charge in [0, 0.05) is 5.92 Å². The maximum Gasteiger partial charge on any atom is 0.292 e. The molecule has 7 heteroatoms. The molecule has 1 rings (SSSR count). The summed E-state index contributed by atoms with van der Waals surface area (Å²) in [6.07, 6.45) is -1.62. The highest BCUT2D eigenvalue weighted by molar-refractivity contribution is 5.16. The number of rotatable bonds is 2. The molecule has 1 aliphatic carbocycles. The third-order valence-electron chi connectivity index (χ3n) is 2.66. The van der Waals surface area contributed by atoms with E-state index in [1.165, 1.54) is 6.92 Å². The normalized spacial score (nSPS) is 33.2. The molecule has 2 unspecified atom stereocenters. The third-order valence-corrected chi connectivity index (χ3v) is 2.66. The van der Waals surface area contributed by atoms with E-state index in [-0.39, 0.29) is 0 Å². The monoisotopic (exact) mass is 196 g/mol. The van der Waals surface area contributed by atoms with Gasteiger partial charge < -0.3 is 35.7 Å². The van der Waals surface area contributed by atoms with Gasteiger partial charge in [-0.05, 0) is 0 Å². The first-order chi connectivity index (χ1) is 5.57. The molecule has 0 amide bonds. The lowest BCUT2D eigenvalue weighted by molar-refractivity contribution is -0.460. The zero-order valence-corrected chi connectivity index (χ0v) is 6.79. The second-order valence-corrected chi connectivity index (χ2v) is 3.37. The van der Waals surface area contributed by atoms with Gasteiger partial charge >= 0.3 is 0 Å². The smallest absolute Gasteiger partial charge is 0.292 e. The lowest BCUT2D eigenvalue weighted by Gasteiger charge is -2.33. The fourth-order valence-electron chi connectivity index (χ4n) is 1.77. The van der Waals surface area contributed by atoms with Crippen molar-refractivity contribution in [1.29, 1.82) is 0 Å². The van der Waals surface area contributed by atoms with Crippen LogP contribution in [0.5, 0.6) is 0 Å². The van der Waals surface area contributed by atoms with Crippen molar-refractivity contribution < 1.29 is 35.7 Å². The van der Waals surface area contributed by atoms with Gasteiger partial charge in [0.25, 0.3) is 11.9 Å². The van der Waals surface area contributed by atoms with Gasteiger partial charge in [0.05, 0.1) is 6.10 Å². The molecular weight excluding hydrogens is 184 g/mol. The van der Waals surface area contributed by atoms with Crippen molar-refractivity contribution in [3.63, 3.8) is 0 Å². The Morgan fingerprint density at radius 1 is 0.923 bits per heavy atom. The first-order valence-electron chi connectivity index (χ1n) is 3.59. The van der Waals surface area contributed by atoms with Crippen LogP contribution in [-0.4, -0.2) is 53.8 Å². The molecule has 0 aliphatic heterocycles. The highest BCUT2D eigenvalue weighted by Gasteiger charge is 2.82. The molecule has 13 heavy (non-hydrogen) atoms. The average molecular weight is 196 g/mol. The van der Waals surface area contributed by atoms with Crippen molar-refractivity contribution in [2.75, 3.05) is 0 Å². The molecule has 78 valence electrons. The van der Waals surface area contributed by atoms with Gasteiger partial charge in [0.15, 0.2) is 5.41 Å². The maximum absolute atomic E-state index is 9.06. The minimum atomic E-state index is -3.57. The van der Waals surface area contributed by atoms with Crippen LogP contribution in [0.15, 0.2) is 0 Å². The van der Waals surface area contributed by atoms with E-state index in [2.05, 4.69) is 0 Å². The number of hydrogen-bond donors (Lipinski definition) is 7. The quantitative estimate of drug-likeness (QED) is 0.225. The Kier molecular flexibility index (Phi) is 1.99. The Morgan fingerprint density at radius 3 is 1.15 bits per heavy atom. The van der Waals surface area contributed by atoms with Crippen LogP contribution in [0.2, 0.25) is 0 Å². The molecule has 0 aromatic rings. The SMILES string of the molecule is CC1C(O)C1(C(O)(O)O)C(O)(O)O. The van der Waals surface area contributed by atoms with Gasteiger partial charge in [-0.15, -0.1) is 0 Å². The summed E-state index contributed by atoms with van der Waals surface area (Å²) in [6, 6.07) is 0. The van der Waals surface area contributed by atoms with Gasteiger partial charge in [-0.1, -0.05) is 6.92 Å². The van der Waals surface area contributed by atoms with Crippen LogP contribution in [0, 0.1) is 11.3 Å². The first kappa shape index (κ1) is 10.8. The van der Waals surface area contributed by atoms with Crippen molar-refractivity contribution in [2.24, 2.45) is 11.3 Å². The van der Waals surface area contributed by atoms with E-state index in [9.17, 15) is 0 Å². The molecule has 0 aromatic heterocycles. The Labute approximate surface area is 73.1 Å². The summed E-state index contributed by atoms with van der Waals surface area (Å²) in [7, 11) is 0. The molecule has 7 nitrogen and oxygen atoms in total. The van der Waals surface area contributed by atoms with E-state index in [1.54, 1.807) is 0 Å². The first-order valence-corrected chi connectivity index (χ1v) is 3.59. The average Bonchev–Trinajstić information content (AvgIpc) is 2.32. The number of aliphatic hydroxyl groups excluding tert-OH is 1. The van der Waals surface area contributed by atoms with E-state index < -0.39 is 29.4 Å². The zero-order chi connectivity index (χ0) is 10.7. The number of hydrogen-bond acceptors (Lipinski definition) is 7. The minimum absolute atomic E-state index is 1.06. The predicted octanol–water partition coefficient (Wildman–Crippen LogP) is -3.76. The predicted molar refractivity (Wildman–Crippen MR) is 36.4 cm³/mol.